The van der Waals surface area contributed by atoms with Gasteiger partial charge in [0.2, 0.25) is 0 Å². The molecule has 0 bridgehead atoms. The molecule has 2 nitrogen and oxygen atoms in total. The van der Waals surface area contributed by atoms with E-state index in [9.17, 15) is 0 Å². The Morgan fingerprint density at radius 3 is 2.35 bits per heavy atom. The van der Waals surface area contributed by atoms with Crippen molar-refractivity contribution in [1.82, 2.24) is 10.2 Å². The van der Waals surface area contributed by atoms with Crippen molar-refractivity contribution in [1.29, 1.82) is 0 Å². The Morgan fingerprint density at radius 1 is 1.05 bits per heavy atom. The predicted octanol–water partition coefficient (Wildman–Crippen LogP) is 3.91. The van der Waals surface area contributed by atoms with Crippen molar-refractivity contribution in [2.75, 3.05) is 19.6 Å². The van der Waals surface area contributed by atoms with Crippen molar-refractivity contribution in [2.24, 2.45) is 17.8 Å². The molecule has 2 fully saturated rings. The Balaban J connectivity index is 1.91. The third-order valence-electron chi connectivity index (χ3n) is 5.28. The lowest BCUT2D eigenvalue weighted by Crippen LogP contribution is -2.59. The minimum Gasteiger partial charge on any atom is -0.311 e. The lowest BCUT2D eigenvalue weighted by molar-refractivity contribution is 0.0691. The molecular formula is C18H36N2. The number of rotatable bonds is 5. The summed E-state index contributed by atoms with van der Waals surface area (Å²) in [7, 11) is 0. The van der Waals surface area contributed by atoms with E-state index in [-0.39, 0.29) is 0 Å². The van der Waals surface area contributed by atoms with Gasteiger partial charge in [0.1, 0.15) is 0 Å². The van der Waals surface area contributed by atoms with Gasteiger partial charge in [-0.15, -0.1) is 0 Å². The van der Waals surface area contributed by atoms with Crippen LogP contribution in [0.4, 0.5) is 0 Å². The first-order valence-electron chi connectivity index (χ1n) is 9.03. The molecule has 2 rings (SSSR count). The topological polar surface area (TPSA) is 15.3 Å². The van der Waals surface area contributed by atoms with Gasteiger partial charge < -0.3 is 5.32 Å². The SMILES string of the molecule is CC(C)CC1CN(CC2CCCCC2)C(C(C)C)CN1. The van der Waals surface area contributed by atoms with E-state index >= 15 is 0 Å². The first-order valence-corrected chi connectivity index (χ1v) is 9.03. The van der Waals surface area contributed by atoms with Gasteiger partial charge in [0.15, 0.2) is 0 Å². The molecule has 0 aromatic heterocycles. The fourth-order valence-corrected chi connectivity index (χ4v) is 4.20. The predicted molar refractivity (Wildman–Crippen MR) is 88.0 cm³/mol. The van der Waals surface area contributed by atoms with Crippen LogP contribution < -0.4 is 5.32 Å². The maximum Gasteiger partial charge on any atom is 0.0244 e. The first kappa shape index (κ1) is 16.3. The van der Waals surface area contributed by atoms with E-state index in [1.807, 2.05) is 0 Å². The average Bonchev–Trinajstić information content (AvgIpc) is 2.39. The van der Waals surface area contributed by atoms with Crippen LogP contribution in [-0.4, -0.2) is 36.6 Å². The smallest absolute Gasteiger partial charge is 0.0244 e. The Labute approximate surface area is 126 Å². The Bertz CT molecular complexity index is 269. The van der Waals surface area contributed by atoms with Crippen molar-refractivity contribution in [2.45, 2.75) is 78.3 Å². The Hall–Kier alpha value is -0.0800. The van der Waals surface area contributed by atoms with E-state index in [2.05, 4.69) is 37.9 Å². The Kier molecular flexibility index (Phi) is 6.35. The largest absolute Gasteiger partial charge is 0.311 e. The molecule has 0 aromatic rings. The molecule has 118 valence electrons. The van der Waals surface area contributed by atoms with Crippen LogP contribution >= 0.6 is 0 Å². The average molecular weight is 280 g/mol. The Morgan fingerprint density at radius 2 is 1.75 bits per heavy atom. The van der Waals surface area contributed by atoms with Crippen molar-refractivity contribution in [3.05, 3.63) is 0 Å². The maximum atomic E-state index is 3.81. The minimum absolute atomic E-state index is 0.716. The molecule has 1 saturated heterocycles. The van der Waals surface area contributed by atoms with E-state index in [4.69, 9.17) is 0 Å². The highest BCUT2D eigenvalue weighted by atomic mass is 15.2. The number of piperazine rings is 1. The third-order valence-corrected chi connectivity index (χ3v) is 5.28. The summed E-state index contributed by atoms with van der Waals surface area (Å²) in [6, 6.07) is 1.47. The van der Waals surface area contributed by atoms with E-state index in [0.29, 0.717) is 6.04 Å². The summed E-state index contributed by atoms with van der Waals surface area (Å²) < 4.78 is 0. The molecule has 1 aliphatic heterocycles. The van der Waals surface area contributed by atoms with Crippen LogP contribution in [-0.2, 0) is 0 Å². The van der Waals surface area contributed by atoms with Crippen LogP contribution in [0, 0.1) is 17.8 Å². The highest BCUT2D eigenvalue weighted by molar-refractivity contribution is 4.89. The first-order chi connectivity index (χ1) is 9.56. The molecule has 1 saturated carbocycles. The maximum absolute atomic E-state index is 3.81. The molecule has 0 amide bonds. The van der Waals surface area contributed by atoms with Gasteiger partial charge >= 0.3 is 0 Å². The molecule has 0 aromatic carbocycles. The second-order valence-electron chi connectivity index (χ2n) is 8.00. The summed E-state index contributed by atoms with van der Waals surface area (Å²) in [4.78, 5) is 2.84. The molecular weight excluding hydrogens is 244 g/mol. The molecule has 0 spiro atoms. The normalized spacial score (nSPS) is 30.3. The number of nitrogens with zero attached hydrogens (tertiary/aromatic N) is 1. The summed E-state index contributed by atoms with van der Waals surface area (Å²) in [5.74, 6) is 2.55. The molecule has 0 radical (unpaired) electrons. The van der Waals surface area contributed by atoms with Crippen molar-refractivity contribution in [3.63, 3.8) is 0 Å². The van der Waals surface area contributed by atoms with Gasteiger partial charge in [0.25, 0.3) is 0 Å². The van der Waals surface area contributed by atoms with Crippen molar-refractivity contribution in [3.8, 4) is 0 Å². The van der Waals surface area contributed by atoms with Crippen molar-refractivity contribution < 1.29 is 0 Å². The van der Waals surface area contributed by atoms with E-state index in [1.54, 1.807) is 0 Å². The molecule has 20 heavy (non-hydrogen) atoms. The third kappa shape index (κ3) is 4.73. The molecule has 1 aliphatic carbocycles. The molecule has 2 aliphatic rings. The number of hydrogen-bond donors (Lipinski definition) is 1. The second-order valence-corrected chi connectivity index (χ2v) is 8.00. The van der Waals surface area contributed by atoms with Gasteiger partial charge in [0.05, 0.1) is 0 Å². The molecule has 1 heterocycles. The fraction of sp³-hybridized carbons (Fsp3) is 1.00. The van der Waals surface area contributed by atoms with Crippen LogP contribution in [0.3, 0.4) is 0 Å². The highest BCUT2D eigenvalue weighted by Crippen LogP contribution is 2.27. The zero-order valence-corrected chi connectivity index (χ0v) is 14.2. The number of hydrogen-bond acceptors (Lipinski definition) is 2. The summed E-state index contributed by atoms with van der Waals surface area (Å²) >= 11 is 0. The number of nitrogens with one attached hydrogen (secondary N) is 1. The van der Waals surface area contributed by atoms with Gasteiger partial charge in [-0.3, -0.25) is 4.90 Å². The van der Waals surface area contributed by atoms with Crippen molar-refractivity contribution >= 4 is 0 Å². The minimum atomic E-state index is 0.716. The van der Waals surface area contributed by atoms with Gasteiger partial charge in [-0.2, -0.15) is 0 Å². The fourth-order valence-electron chi connectivity index (χ4n) is 4.20. The molecule has 2 atom stereocenters. The van der Waals surface area contributed by atoms with Crippen LogP contribution in [0.2, 0.25) is 0 Å². The summed E-state index contributed by atoms with van der Waals surface area (Å²) in [5.41, 5.74) is 0. The zero-order valence-electron chi connectivity index (χ0n) is 14.2. The van der Waals surface area contributed by atoms with Gasteiger partial charge in [-0.1, -0.05) is 47.0 Å². The van der Waals surface area contributed by atoms with Gasteiger partial charge in [-0.25, -0.2) is 0 Å². The van der Waals surface area contributed by atoms with E-state index < -0.39 is 0 Å². The van der Waals surface area contributed by atoms with Crippen LogP contribution in [0.25, 0.3) is 0 Å². The quantitative estimate of drug-likeness (QED) is 0.821. The van der Waals surface area contributed by atoms with E-state index in [1.165, 1.54) is 58.2 Å². The van der Waals surface area contributed by atoms with Crippen LogP contribution in [0.5, 0.6) is 0 Å². The second kappa shape index (κ2) is 7.79. The monoisotopic (exact) mass is 280 g/mol. The standard InChI is InChI=1S/C18H36N2/c1-14(2)10-17-13-20(18(11-19-17)15(3)4)12-16-8-6-5-7-9-16/h14-19H,5-13H2,1-4H3. The lowest BCUT2D eigenvalue weighted by Gasteiger charge is -2.44. The van der Waals surface area contributed by atoms with E-state index in [0.717, 1.165) is 23.8 Å². The lowest BCUT2D eigenvalue weighted by atomic mass is 9.87. The van der Waals surface area contributed by atoms with Gasteiger partial charge in [0, 0.05) is 31.7 Å². The zero-order chi connectivity index (χ0) is 14.5. The van der Waals surface area contributed by atoms with Crippen LogP contribution in [0.1, 0.15) is 66.2 Å². The molecule has 2 heteroatoms. The van der Waals surface area contributed by atoms with Crippen LogP contribution in [0.15, 0.2) is 0 Å². The summed E-state index contributed by atoms with van der Waals surface area (Å²) in [6.45, 7) is 13.3. The molecule has 2 unspecified atom stereocenters. The molecule has 1 N–H and O–H groups in total. The summed E-state index contributed by atoms with van der Waals surface area (Å²) in [6.07, 6.45) is 8.69. The highest BCUT2D eigenvalue weighted by Gasteiger charge is 2.31. The summed E-state index contributed by atoms with van der Waals surface area (Å²) in [5, 5.41) is 3.81. The van der Waals surface area contributed by atoms with Gasteiger partial charge in [-0.05, 0) is 37.0 Å².